The van der Waals surface area contributed by atoms with E-state index in [2.05, 4.69) is 24.3 Å². The van der Waals surface area contributed by atoms with Crippen molar-refractivity contribution in [3.63, 3.8) is 0 Å². The minimum atomic E-state index is -1.35. The molecule has 0 aromatic heterocycles. The Hall–Kier alpha value is -3.42. The van der Waals surface area contributed by atoms with Crippen molar-refractivity contribution in [2.45, 2.75) is 49.3 Å². The third-order valence-electron chi connectivity index (χ3n) is 8.10. The Morgan fingerprint density at radius 3 is 2.22 bits per heavy atom. The molecule has 2 aliphatic heterocycles. The number of methoxy groups -OCH3 is 1. The lowest BCUT2D eigenvalue weighted by molar-refractivity contribution is -0.0551. The quantitative estimate of drug-likeness (QED) is 0.446. The lowest BCUT2D eigenvalue weighted by Gasteiger charge is -2.43. The summed E-state index contributed by atoms with van der Waals surface area (Å²) in [5.41, 5.74) is 3.59. The van der Waals surface area contributed by atoms with Crippen LogP contribution in [0.25, 0.3) is 11.1 Å². The van der Waals surface area contributed by atoms with Crippen molar-refractivity contribution in [2.24, 2.45) is 0 Å². The van der Waals surface area contributed by atoms with E-state index in [-0.39, 0.29) is 55.9 Å². The Labute approximate surface area is 215 Å². The zero-order valence-electron chi connectivity index (χ0n) is 20.7. The molecule has 0 saturated carbocycles. The number of aliphatic hydroxyl groups is 1. The largest absolute Gasteiger partial charge is 0.467 e. The summed E-state index contributed by atoms with van der Waals surface area (Å²) in [5.74, 6) is -0.195. The van der Waals surface area contributed by atoms with Crippen LogP contribution in [0, 0.1) is 5.82 Å². The minimum Gasteiger partial charge on any atom is -0.467 e. The van der Waals surface area contributed by atoms with Crippen LogP contribution < -0.4 is 4.74 Å². The number of nitrogens with zero attached hydrogens (tertiary/aromatic N) is 1. The standard InChI is InChI=1S/C30H30FNO5/c1-35-18-37-21-12-13-27(28(31)14-21)30(34)15-19-10-11-20(16-30)32(19)29(33)36-17-26-24-8-4-2-6-22(24)23-7-3-5-9-25(23)26/h2-9,12-14,19-20,26,34H,10-11,15-18H2,1H3. The van der Waals surface area contributed by atoms with Crippen molar-refractivity contribution in [3.8, 4) is 16.9 Å². The molecule has 3 aromatic rings. The number of fused-ring (bicyclic) bond motifs is 5. The van der Waals surface area contributed by atoms with Crippen LogP contribution in [0.5, 0.6) is 5.75 Å². The number of hydrogen-bond donors (Lipinski definition) is 1. The molecule has 0 radical (unpaired) electrons. The molecule has 1 aliphatic carbocycles. The number of benzene rings is 3. The number of carbonyl (C=O) groups excluding carboxylic acids is 1. The van der Waals surface area contributed by atoms with Gasteiger partial charge in [-0.15, -0.1) is 0 Å². The average molecular weight is 504 g/mol. The highest BCUT2D eigenvalue weighted by atomic mass is 19.1. The van der Waals surface area contributed by atoms with E-state index < -0.39 is 11.4 Å². The van der Waals surface area contributed by atoms with Crippen LogP contribution >= 0.6 is 0 Å². The molecule has 0 spiro atoms. The molecule has 3 aliphatic rings. The highest BCUT2D eigenvalue weighted by Crippen LogP contribution is 2.48. The van der Waals surface area contributed by atoms with Gasteiger partial charge >= 0.3 is 6.09 Å². The minimum absolute atomic E-state index is 0.0105. The van der Waals surface area contributed by atoms with Crippen LogP contribution in [0.2, 0.25) is 0 Å². The van der Waals surface area contributed by atoms with Gasteiger partial charge in [0.2, 0.25) is 0 Å². The molecule has 37 heavy (non-hydrogen) atoms. The van der Waals surface area contributed by atoms with Gasteiger partial charge in [-0.1, -0.05) is 48.5 Å². The summed E-state index contributed by atoms with van der Waals surface area (Å²) >= 11 is 0. The molecule has 7 heteroatoms. The second kappa shape index (κ2) is 9.47. The summed E-state index contributed by atoms with van der Waals surface area (Å²) in [5, 5.41) is 11.5. The van der Waals surface area contributed by atoms with Gasteiger partial charge in [-0.2, -0.15) is 0 Å². The van der Waals surface area contributed by atoms with Crippen LogP contribution in [-0.2, 0) is 15.1 Å². The highest BCUT2D eigenvalue weighted by Gasteiger charge is 2.51. The molecule has 192 valence electrons. The van der Waals surface area contributed by atoms with E-state index in [4.69, 9.17) is 14.2 Å². The maximum atomic E-state index is 15.0. The van der Waals surface area contributed by atoms with E-state index in [1.165, 1.54) is 35.4 Å². The smallest absolute Gasteiger partial charge is 0.410 e. The molecular formula is C30H30FNO5. The summed E-state index contributed by atoms with van der Waals surface area (Å²) < 4.78 is 31.1. The van der Waals surface area contributed by atoms with E-state index >= 15 is 0 Å². The van der Waals surface area contributed by atoms with Gasteiger partial charge in [0.15, 0.2) is 6.79 Å². The normalized spacial score (nSPS) is 24.0. The van der Waals surface area contributed by atoms with Crippen molar-refractivity contribution >= 4 is 6.09 Å². The first-order valence-electron chi connectivity index (χ1n) is 12.8. The predicted octanol–water partition coefficient (Wildman–Crippen LogP) is 5.57. The fourth-order valence-corrected chi connectivity index (χ4v) is 6.50. The summed E-state index contributed by atoms with van der Waals surface area (Å²) in [6, 6.07) is 20.6. The number of carbonyl (C=O) groups is 1. The summed E-state index contributed by atoms with van der Waals surface area (Å²) in [6.45, 7) is 0.271. The number of hydrogen-bond acceptors (Lipinski definition) is 5. The lowest BCUT2D eigenvalue weighted by atomic mass is 9.80. The summed E-state index contributed by atoms with van der Waals surface area (Å²) in [7, 11) is 1.49. The monoisotopic (exact) mass is 503 g/mol. The van der Waals surface area contributed by atoms with Crippen LogP contribution in [0.4, 0.5) is 9.18 Å². The lowest BCUT2D eigenvalue weighted by Crippen LogP contribution is -2.52. The maximum absolute atomic E-state index is 15.0. The molecule has 2 atom stereocenters. The zero-order valence-corrected chi connectivity index (χ0v) is 20.7. The molecule has 2 unspecified atom stereocenters. The number of ether oxygens (including phenoxy) is 3. The Morgan fingerprint density at radius 1 is 1.00 bits per heavy atom. The van der Waals surface area contributed by atoms with Gasteiger partial charge < -0.3 is 24.2 Å². The molecule has 3 aromatic carbocycles. The van der Waals surface area contributed by atoms with Gasteiger partial charge in [0.1, 0.15) is 18.2 Å². The van der Waals surface area contributed by atoms with Crippen LogP contribution in [0.1, 0.15) is 48.3 Å². The average Bonchev–Trinajstić information content (AvgIpc) is 3.38. The van der Waals surface area contributed by atoms with E-state index in [9.17, 15) is 14.3 Å². The van der Waals surface area contributed by atoms with Gasteiger partial charge in [0.25, 0.3) is 0 Å². The predicted molar refractivity (Wildman–Crippen MR) is 136 cm³/mol. The number of rotatable bonds is 6. The Balaban J connectivity index is 1.16. The van der Waals surface area contributed by atoms with Crippen molar-refractivity contribution in [3.05, 3.63) is 89.2 Å². The van der Waals surface area contributed by atoms with Gasteiger partial charge in [0.05, 0.1) is 5.60 Å². The molecule has 1 N–H and O–H groups in total. The van der Waals surface area contributed by atoms with Crippen LogP contribution in [0.3, 0.4) is 0 Å². The third-order valence-corrected chi connectivity index (χ3v) is 8.10. The van der Waals surface area contributed by atoms with Crippen LogP contribution in [0.15, 0.2) is 66.7 Å². The van der Waals surface area contributed by atoms with E-state index in [0.717, 1.165) is 12.8 Å². The fourth-order valence-electron chi connectivity index (χ4n) is 6.50. The van der Waals surface area contributed by atoms with Crippen molar-refractivity contribution in [2.75, 3.05) is 20.5 Å². The molecule has 2 bridgehead atoms. The van der Waals surface area contributed by atoms with Gasteiger partial charge in [0, 0.05) is 49.6 Å². The Morgan fingerprint density at radius 2 is 1.62 bits per heavy atom. The van der Waals surface area contributed by atoms with E-state index in [1.54, 1.807) is 17.0 Å². The fraction of sp³-hybridized carbons (Fsp3) is 0.367. The summed E-state index contributed by atoms with van der Waals surface area (Å²) in [6.07, 6.45) is 1.69. The molecule has 2 heterocycles. The Kier molecular flexibility index (Phi) is 6.13. The SMILES string of the molecule is COCOc1ccc(C2(O)CC3CCC(C2)N3C(=O)OCC2c3ccccc3-c3ccccc32)c(F)c1. The topological polar surface area (TPSA) is 68.2 Å². The molecule has 6 nitrogen and oxygen atoms in total. The second-order valence-corrected chi connectivity index (χ2v) is 10.2. The first kappa shape index (κ1) is 23.9. The van der Waals surface area contributed by atoms with Gasteiger partial charge in [-0.3, -0.25) is 0 Å². The number of amides is 1. The summed E-state index contributed by atoms with van der Waals surface area (Å²) in [4.78, 5) is 15.1. The van der Waals surface area contributed by atoms with Crippen molar-refractivity contribution in [1.82, 2.24) is 4.90 Å². The first-order chi connectivity index (χ1) is 18.0. The van der Waals surface area contributed by atoms with Gasteiger partial charge in [-0.25, -0.2) is 9.18 Å². The first-order valence-corrected chi connectivity index (χ1v) is 12.8. The van der Waals surface area contributed by atoms with Crippen LogP contribution in [-0.4, -0.2) is 48.7 Å². The highest BCUT2D eigenvalue weighted by molar-refractivity contribution is 5.79. The third kappa shape index (κ3) is 4.16. The van der Waals surface area contributed by atoms with Crippen molar-refractivity contribution in [1.29, 1.82) is 0 Å². The Bertz CT molecular complexity index is 1270. The molecule has 2 saturated heterocycles. The molecule has 2 fully saturated rings. The molecule has 1 amide bonds. The molecule has 6 rings (SSSR count). The van der Waals surface area contributed by atoms with Gasteiger partial charge in [-0.05, 0) is 47.2 Å². The van der Waals surface area contributed by atoms with E-state index in [0.29, 0.717) is 5.75 Å². The maximum Gasteiger partial charge on any atom is 0.410 e. The zero-order chi connectivity index (χ0) is 25.6. The number of piperidine rings is 1. The number of halogens is 1. The second-order valence-electron chi connectivity index (χ2n) is 10.2. The van der Waals surface area contributed by atoms with E-state index in [1.807, 2.05) is 24.3 Å². The molecular weight excluding hydrogens is 473 g/mol. The van der Waals surface area contributed by atoms with Crippen molar-refractivity contribution < 1.29 is 28.5 Å².